The molecule has 3 atom stereocenters. The molecular formula is C36H60FeP2. The Labute approximate surface area is 258 Å². The molecule has 0 aromatic heterocycles. The van der Waals surface area contributed by atoms with E-state index in [4.69, 9.17) is 0 Å². The summed E-state index contributed by atoms with van der Waals surface area (Å²) in [5.41, 5.74) is 4.52. The number of benzene rings is 2. The van der Waals surface area contributed by atoms with E-state index in [0.29, 0.717) is 16.0 Å². The summed E-state index contributed by atoms with van der Waals surface area (Å²) in [5.74, 6) is 0.829. The summed E-state index contributed by atoms with van der Waals surface area (Å²) in [6.07, 6.45) is 11.8. The Morgan fingerprint density at radius 2 is 1.03 bits per heavy atom. The Hall–Kier alpha value is -0.181. The maximum atomic E-state index is 2.60. The van der Waals surface area contributed by atoms with Crippen LogP contribution in [0.3, 0.4) is 0 Å². The molecule has 0 aliphatic heterocycles. The third-order valence-corrected chi connectivity index (χ3v) is 15.8. The smallest absolute Gasteiger partial charge is 0.358 e. The summed E-state index contributed by atoms with van der Waals surface area (Å²) in [5, 5.41) is 3.99. The van der Waals surface area contributed by atoms with Gasteiger partial charge in [0.25, 0.3) is 0 Å². The summed E-state index contributed by atoms with van der Waals surface area (Å²) >= 11 is 0. The average Bonchev–Trinajstić information content (AvgIpc) is 3.50. The van der Waals surface area contributed by atoms with E-state index in [2.05, 4.69) is 111 Å². The van der Waals surface area contributed by atoms with Gasteiger partial charge in [0.15, 0.2) is 0 Å². The summed E-state index contributed by atoms with van der Waals surface area (Å²) < 4.78 is 0. The van der Waals surface area contributed by atoms with Gasteiger partial charge in [-0.15, -0.1) is 0 Å². The number of hydrogen-bond acceptors (Lipinski definition) is 0. The molecule has 0 saturated heterocycles. The molecule has 2 aliphatic carbocycles. The molecule has 0 nitrogen and oxygen atoms in total. The second-order valence-corrected chi connectivity index (χ2v) is 19.9. The predicted molar refractivity (Wildman–Crippen MR) is 181 cm³/mol. The van der Waals surface area contributed by atoms with Crippen LogP contribution in [0.15, 0.2) is 48.5 Å². The van der Waals surface area contributed by atoms with Crippen LogP contribution in [-0.4, -0.2) is 21.6 Å². The van der Waals surface area contributed by atoms with Crippen molar-refractivity contribution in [3.63, 3.8) is 0 Å². The zero-order valence-corrected chi connectivity index (χ0v) is 30.1. The van der Waals surface area contributed by atoms with Crippen molar-refractivity contribution in [1.82, 2.24) is 0 Å². The van der Waals surface area contributed by atoms with Crippen LogP contribution in [0.2, 0.25) is 0 Å². The Morgan fingerprint density at radius 3 is 1.38 bits per heavy atom. The van der Waals surface area contributed by atoms with Crippen molar-refractivity contribution in [3.05, 3.63) is 74.5 Å². The summed E-state index contributed by atoms with van der Waals surface area (Å²) in [6.45, 7) is 22.3. The molecule has 222 valence electrons. The quantitative estimate of drug-likeness (QED) is 0.180. The van der Waals surface area contributed by atoms with Crippen molar-refractivity contribution in [2.75, 3.05) is 0 Å². The predicted octanol–water partition coefficient (Wildman–Crippen LogP) is 11.2. The monoisotopic (exact) mass is 610 g/mol. The van der Waals surface area contributed by atoms with E-state index in [9.17, 15) is 0 Å². The molecule has 2 aromatic rings. The molecule has 0 radical (unpaired) electrons. The van der Waals surface area contributed by atoms with Crippen LogP contribution in [0.4, 0.5) is 0 Å². The molecule has 0 spiro atoms. The van der Waals surface area contributed by atoms with Crippen molar-refractivity contribution in [2.45, 2.75) is 135 Å². The van der Waals surface area contributed by atoms with Gasteiger partial charge in [-0.25, -0.2) is 0 Å². The van der Waals surface area contributed by atoms with Gasteiger partial charge in [0.2, 0.25) is 0 Å². The second kappa shape index (κ2) is 17.1. The molecule has 2 fully saturated rings. The SMILES string of the molecule is C1CCCC1.Cc1ccccc1P(c1ccccc1C)[C@@H](C)C1CCCC1P(C(C)(C)C)C(C)(C)C.[CH3-].[CH3-].[Fe+2]. The third-order valence-electron chi connectivity index (χ3n) is 8.34. The van der Waals surface area contributed by atoms with Gasteiger partial charge < -0.3 is 14.9 Å². The van der Waals surface area contributed by atoms with Crippen LogP contribution in [0.25, 0.3) is 0 Å². The third kappa shape index (κ3) is 10.2. The Kier molecular flexibility index (Phi) is 17.0. The van der Waals surface area contributed by atoms with Crippen molar-refractivity contribution in [1.29, 1.82) is 0 Å². The zero-order chi connectivity index (χ0) is 26.5. The van der Waals surface area contributed by atoms with Crippen LogP contribution in [0, 0.1) is 34.6 Å². The molecule has 2 aromatic carbocycles. The Balaban J connectivity index is 0.00000162. The van der Waals surface area contributed by atoms with Gasteiger partial charge in [0.05, 0.1) is 0 Å². The number of rotatable bonds is 5. The minimum Gasteiger partial charge on any atom is -0.358 e. The zero-order valence-electron chi connectivity index (χ0n) is 27.3. The minimum atomic E-state index is -0.378. The van der Waals surface area contributed by atoms with Crippen LogP contribution >= 0.6 is 15.8 Å². The Morgan fingerprint density at radius 1 is 0.641 bits per heavy atom. The van der Waals surface area contributed by atoms with Crippen molar-refractivity contribution in [2.24, 2.45) is 5.92 Å². The number of aryl methyl sites for hydroxylation is 2. The molecule has 0 amide bonds. The molecule has 0 heterocycles. The van der Waals surface area contributed by atoms with Crippen LogP contribution in [0.1, 0.15) is 111 Å². The van der Waals surface area contributed by atoms with E-state index in [1.165, 1.54) is 62.5 Å². The van der Waals surface area contributed by atoms with E-state index in [-0.39, 0.29) is 47.8 Å². The summed E-state index contributed by atoms with van der Waals surface area (Å²) in [7, 11) is -0.461. The standard InChI is InChI=1S/C29H44P2.C5H10.2CH3.Fe/c1-21-15-10-12-18-25(21)30(26-19-13-11-16-22(26)2)23(3)24-17-14-20-27(24)31(28(4,5)6)29(7,8)9;1-2-4-5-3-1;;;/h10-13,15-16,18-19,23-24,27H,14,17,20H2,1-9H3;1-5H2;2*1H3;/q;;2*-1;+2/t23-,24?,27?;;;;/m0..../s1. The van der Waals surface area contributed by atoms with E-state index in [1.807, 2.05) is 0 Å². The van der Waals surface area contributed by atoms with E-state index >= 15 is 0 Å². The normalized spacial score (nSPS) is 19.9. The molecule has 0 bridgehead atoms. The molecule has 3 heteroatoms. The number of hydrogen-bond donors (Lipinski definition) is 0. The topological polar surface area (TPSA) is 0 Å². The molecule has 2 aliphatic rings. The maximum Gasteiger partial charge on any atom is 2.00 e. The largest absolute Gasteiger partial charge is 2.00 e. The van der Waals surface area contributed by atoms with E-state index in [0.717, 1.165) is 11.6 Å². The molecule has 4 rings (SSSR count). The molecule has 2 unspecified atom stereocenters. The van der Waals surface area contributed by atoms with Crippen molar-refractivity contribution < 1.29 is 17.1 Å². The molecular weight excluding hydrogens is 550 g/mol. The fourth-order valence-electron chi connectivity index (χ4n) is 7.16. The molecule has 2 saturated carbocycles. The Bertz CT molecular complexity index is 884. The van der Waals surface area contributed by atoms with E-state index in [1.54, 1.807) is 10.6 Å². The first kappa shape index (κ1) is 38.8. The summed E-state index contributed by atoms with van der Waals surface area (Å²) in [4.78, 5) is 0. The van der Waals surface area contributed by atoms with Gasteiger partial charge in [-0.2, -0.15) is 0 Å². The first-order chi connectivity index (χ1) is 16.9. The first-order valence-corrected chi connectivity index (χ1v) is 17.4. The van der Waals surface area contributed by atoms with Crippen LogP contribution in [-0.2, 0) is 17.1 Å². The summed E-state index contributed by atoms with van der Waals surface area (Å²) in [6, 6.07) is 18.4. The molecule has 39 heavy (non-hydrogen) atoms. The fourth-order valence-corrected chi connectivity index (χ4v) is 15.8. The van der Waals surface area contributed by atoms with Gasteiger partial charge in [0.1, 0.15) is 0 Å². The average molecular weight is 611 g/mol. The molecule has 0 N–H and O–H groups in total. The second-order valence-electron chi connectivity index (χ2n) is 13.3. The van der Waals surface area contributed by atoms with Crippen molar-refractivity contribution in [3.8, 4) is 0 Å². The van der Waals surface area contributed by atoms with Crippen molar-refractivity contribution >= 4 is 26.5 Å². The van der Waals surface area contributed by atoms with Crippen LogP contribution < -0.4 is 10.6 Å². The van der Waals surface area contributed by atoms with Gasteiger partial charge in [-0.3, -0.25) is 0 Å². The fraction of sp³-hybridized carbons (Fsp3) is 0.611. The maximum absolute atomic E-state index is 2.60. The van der Waals surface area contributed by atoms with Gasteiger partial charge in [-0.1, -0.05) is 143 Å². The minimum absolute atomic E-state index is 0. The first-order valence-electron chi connectivity index (χ1n) is 14.6. The van der Waals surface area contributed by atoms with Gasteiger partial charge in [0, 0.05) is 0 Å². The van der Waals surface area contributed by atoms with Gasteiger partial charge >= 0.3 is 17.1 Å². The van der Waals surface area contributed by atoms with E-state index < -0.39 is 0 Å². The van der Waals surface area contributed by atoms with Gasteiger partial charge in [-0.05, 0) is 83.9 Å². The van der Waals surface area contributed by atoms with Crippen LogP contribution in [0.5, 0.6) is 0 Å².